The predicted molar refractivity (Wildman–Crippen MR) is 34.1 cm³/mol. The SMILES string of the molecule is C[NH+]([O-])C1CCOCC1. The molecule has 0 saturated carbocycles. The summed E-state index contributed by atoms with van der Waals surface area (Å²) in [7, 11) is 1.66. The fourth-order valence-corrected chi connectivity index (χ4v) is 1.10. The van der Waals surface area contributed by atoms with Crippen LogP contribution in [0.4, 0.5) is 0 Å². The van der Waals surface area contributed by atoms with Crippen molar-refractivity contribution in [1.29, 1.82) is 0 Å². The van der Waals surface area contributed by atoms with Gasteiger partial charge >= 0.3 is 0 Å². The number of rotatable bonds is 1. The average Bonchev–Trinajstić information content (AvgIpc) is 1.90. The second-order valence-corrected chi connectivity index (χ2v) is 2.50. The Morgan fingerprint density at radius 3 is 2.33 bits per heavy atom. The van der Waals surface area contributed by atoms with Gasteiger partial charge in [0.05, 0.1) is 26.3 Å². The van der Waals surface area contributed by atoms with Crippen molar-refractivity contribution in [3.05, 3.63) is 5.21 Å². The third-order valence-electron chi connectivity index (χ3n) is 1.80. The van der Waals surface area contributed by atoms with Crippen molar-refractivity contribution in [2.45, 2.75) is 18.9 Å². The van der Waals surface area contributed by atoms with E-state index in [9.17, 15) is 5.21 Å². The molecule has 54 valence electrons. The van der Waals surface area contributed by atoms with E-state index in [0.29, 0.717) is 11.1 Å². The Kier molecular flexibility index (Phi) is 2.45. The number of hydrogen-bond donors (Lipinski definition) is 1. The van der Waals surface area contributed by atoms with Gasteiger partial charge in [-0.15, -0.1) is 0 Å². The third-order valence-corrected chi connectivity index (χ3v) is 1.80. The highest BCUT2D eigenvalue weighted by Gasteiger charge is 2.16. The lowest BCUT2D eigenvalue weighted by Crippen LogP contribution is -3.08. The minimum Gasteiger partial charge on any atom is -0.634 e. The first-order valence-corrected chi connectivity index (χ1v) is 3.39. The predicted octanol–water partition coefficient (Wildman–Crippen LogP) is -0.822. The van der Waals surface area contributed by atoms with Gasteiger partial charge in [-0.25, -0.2) is 0 Å². The zero-order chi connectivity index (χ0) is 6.69. The molecule has 1 saturated heterocycles. The maximum Gasteiger partial charge on any atom is 0.0914 e. The second-order valence-electron chi connectivity index (χ2n) is 2.50. The Labute approximate surface area is 55.2 Å². The standard InChI is InChI=1S/C6H13NO2/c1-7(8)6-2-4-9-5-3-6/h6-7H,2-5H2,1H3. The first kappa shape index (κ1) is 6.99. The summed E-state index contributed by atoms with van der Waals surface area (Å²) in [5.41, 5.74) is 0. The first-order chi connectivity index (χ1) is 4.30. The Morgan fingerprint density at radius 1 is 1.44 bits per heavy atom. The van der Waals surface area contributed by atoms with Crippen LogP contribution in [0.5, 0.6) is 0 Å². The fraction of sp³-hybridized carbons (Fsp3) is 1.00. The topological polar surface area (TPSA) is 36.7 Å². The fourth-order valence-electron chi connectivity index (χ4n) is 1.10. The lowest BCUT2D eigenvalue weighted by molar-refractivity contribution is -0.856. The molecule has 9 heavy (non-hydrogen) atoms. The molecule has 0 bridgehead atoms. The zero-order valence-electron chi connectivity index (χ0n) is 5.72. The first-order valence-electron chi connectivity index (χ1n) is 3.39. The second kappa shape index (κ2) is 3.15. The van der Waals surface area contributed by atoms with Gasteiger partial charge in [0.15, 0.2) is 0 Å². The van der Waals surface area contributed by atoms with Gasteiger partial charge in [-0.05, 0) is 0 Å². The van der Waals surface area contributed by atoms with Crippen LogP contribution < -0.4 is 5.06 Å². The highest BCUT2D eigenvalue weighted by molar-refractivity contribution is 4.59. The van der Waals surface area contributed by atoms with Crippen LogP contribution in [0.3, 0.4) is 0 Å². The van der Waals surface area contributed by atoms with Crippen molar-refractivity contribution in [2.75, 3.05) is 20.3 Å². The maximum absolute atomic E-state index is 10.7. The molecule has 1 aliphatic rings. The quantitative estimate of drug-likeness (QED) is 0.472. The largest absolute Gasteiger partial charge is 0.634 e. The third kappa shape index (κ3) is 1.93. The summed E-state index contributed by atoms with van der Waals surface area (Å²) in [6.07, 6.45) is 1.85. The molecule has 1 N–H and O–H groups in total. The molecular weight excluding hydrogens is 118 g/mol. The summed E-state index contributed by atoms with van der Waals surface area (Å²) in [5, 5.41) is 11.1. The lowest BCUT2D eigenvalue weighted by Gasteiger charge is -2.30. The van der Waals surface area contributed by atoms with Crippen LogP contribution in [-0.4, -0.2) is 26.3 Å². The Morgan fingerprint density at radius 2 is 2.00 bits per heavy atom. The van der Waals surface area contributed by atoms with Crippen LogP contribution in [-0.2, 0) is 4.74 Å². The molecule has 1 aliphatic heterocycles. The van der Waals surface area contributed by atoms with Crippen molar-refractivity contribution in [1.82, 2.24) is 0 Å². The molecule has 0 aromatic carbocycles. The van der Waals surface area contributed by atoms with Crippen molar-refractivity contribution >= 4 is 0 Å². The zero-order valence-corrected chi connectivity index (χ0v) is 5.72. The van der Waals surface area contributed by atoms with E-state index < -0.39 is 0 Å². The van der Waals surface area contributed by atoms with Crippen LogP contribution in [0, 0.1) is 5.21 Å². The molecule has 1 rings (SSSR count). The Bertz CT molecular complexity index is 79.1. The Balaban J connectivity index is 2.23. The molecule has 1 unspecified atom stereocenters. The molecule has 0 spiro atoms. The van der Waals surface area contributed by atoms with Crippen LogP contribution in [0.1, 0.15) is 12.8 Å². The number of ether oxygens (including phenoxy) is 1. The highest BCUT2D eigenvalue weighted by Crippen LogP contribution is 2.01. The van der Waals surface area contributed by atoms with Crippen molar-refractivity contribution < 1.29 is 9.80 Å². The maximum atomic E-state index is 10.7. The molecule has 3 heteroatoms. The summed E-state index contributed by atoms with van der Waals surface area (Å²) in [6, 6.07) is 0.291. The molecule has 0 aliphatic carbocycles. The molecule has 1 fully saturated rings. The minimum absolute atomic E-state index is 0.291. The van der Waals surface area contributed by atoms with E-state index >= 15 is 0 Å². The van der Waals surface area contributed by atoms with E-state index in [2.05, 4.69) is 0 Å². The number of hydrogen-bond acceptors (Lipinski definition) is 2. The van der Waals surface area contributed by atoms with E-state index in [1.807, 2.05) is 0 Å². The molecule has 0 aromatic heterocycles. The van der Waals surface area contributed by atoms with Gasteiger partial charge in [-0.1, -0.05) is 0 Å². The molecule has 1 heterocycles. The number of quaternary nitrogens is 1. The average molecular weight is 131 g/mol. The minimum atomic E-state index is 0.291. The Hall–Kier alpha value is -0.120. The van der Waals surface area contributed by atoms with E-state index in [4.69, 9.17) is 4.74 Å². The number of nitrogens with one attached hydrogen (secondary N) is 1. The molecule has 0 aromatic rings. The normalized spacial score (nSPS) is 26.0. The van der Waals surface area contributed by atoms with E-state index in [1.165, 1.54) is 0 Å². The van der Waals surface area contributed by atoms with Crippen LogP contribution in [0.2, 0.25) is 0 Å². The van der Waals surface area contributed by atoms with Gasteiger partial charge in [0.25, 0.3) is 0 Å². The monoisotopic (exact) mass is 131 g/mol. The molecule has 0 radical (unpaired) electrons. The highest BCUT2D eigenvalue weighted by atomic mass is 16.5. The summed E-state index contributed by atoms with van der Waals surface area (Å²) in [6.45, 7) is 1.54. The molecule has 0 amide bonds. The van der Waals surface area contributed by atoms with Gasteiger partial charge in [0, 0.05) is 12.8 Å². The van der Waals surface area contributed by atoms with Crippen molar-refractivity contribution in [2.24, 2.45) is 0 Å². The van der Waals surface area contributed by atoms with Gasteiger partial charge in [-0.2, -0.15) is 0 Å². The lowest BCUT2D eigenvalue weighted by atomic mass is 10.1. The van der Waals surface area contributed by atoms with E-state index in [-0.39, 0.29) is 0 Å². The summed E-state index contributed by atoms with van der Waals surface area (Å²) in [5.74, 6) is 0. The van der Waals surface area contributed by atoms with Crippen LogP contribution >= 0.6 is 0 Å². The van der Waals surface area contributed by atoms with Gasteiger partial charge < -0.3 is 15.0 Å². The molecular formula is C6H13NO2. The number of hydroxylamine groups is 2. The van der Waals surface area contributed by atoms with Crippen LogP contribution in [0.25, 0.3) is 0 Å². The van der Waals surface area contributed by atoms with E-state index in [1.54, 1.807) is 7.05 Å². The smallest absolute Gasteiger partial charge is 0.0914 e. The van der Waals surface area contributed by atoms with Gasteiger partial charge in [0.1, 0.15) is 0 Å². The summed E-state index contributed by atoms with van der Waals surface area (Å²) < 4.78 is 5.10. The summed E-state index contributed by atoms with van der Waals surface area (Å²) >= 11 is 0. The molecule has 3 nitrogen and oxygen atoms in total. The van der Waals surface area contributed by atoms with Crippen molar-refractivity contribution in [3.63, 3.8) is 0 Å². The van der Waals surface area contributed by atoms with Gasteiger partial charge in [0.2, 0.25) is 0 Å². The van der Waals surface area contributed by atoms with Gasteiger partial charge in [-0.3, -0.25) is 0 Å². The molecule has 1 atom stereocenters. The van der Waals surface area contributed by atoms with Crippen LogP contribution in [0.15, 0.2) is 0 Å². The van der Waals surface area contributed by atoms with E-state index in [0.717, 1.165) is 26.1 Å². The van der Waals surface area contributed by atoms with Crippen molar-refractivity contribution in [3.8, 4) is 0 Å². The summed E-state index contributed by atoms with van der Waals surface area (Å²) in [4.78, 5) is 0.